The first-order valence-corrected chi connectivity index (χ1v) is 6.56. The summed E-state index contributed by atoms with van der Waals surface area (Å²) in [7, 11) is 0. The van der Waals surface area contributed by atoms with Gasteiger partial charge in [-0.3, -0.25) is 0 Å². The third-order valence-electron chi connectivity index (χ3n) is 2.55. The second-order valence-corrected chi connectivity index (χ2v) is 4.58. The maximum Gasteiger partial charge on any atom is 0.128 e. The molecule has 0 aromatic carbocycles. The molecule has 1 aromatic heterocycles. The zero-order chi connectivity index (χ0) is 12.0. The minimum atomic E-state index is 0.986. The predicted molar refractivity (Wildman–Crippen MR) is 73.1 cm³/mol. The first-order chi connectivity index (χ1) is 7.69. The monoisotopic (exact) mass is 285 g/mol. The first kappa shape index (κ1) is 13.5. The number of halogens is 1. The van der Waals surface area contributed by atoms with Crippen molar-refractivity contribution in [3.8, 4) is 0 Å². The number of pyridine rings is 1. The Labute approximate surface area is 106 Å². The summed E-state index contributed by atoms with van der Waals surface area (Å²) in [4.78, 5) is 6.72. The van der Waals surface area contributed by atoms with E-state index in [0.717, 1.165) is 36.5 Å². The molecule has 0 fully saturated rings. The summed E-state index contributed by atoms with van der Waals surface area (Å²) in [6.45, 7) is 10.4. The Hall–Kier alpha value is -0.610. The van der Waals surface area contributed by atoms with Crippen molar-refractivity contribution in [2.45, 2.75) is 20.8 Å². The third kappa shape index (κ3) is 3.76. The van der Waals surface area contributed by atoms with Crippen LogP contribution in [0.4, 0.5) is 5.82 Å². The molecule has 3 nitrogen and oxygen atoms in total. The number of anilines is 1. The molecule has 0 amide bonds. The molecule has 0 atom stereocenters. The van der Waals surface area contributed by atoms with Crippen LogP contribution in [0.2, 0.25) is 0 Å². The van der Waals surface area contributed by atoms with E-state index in [1.165, 1.54) is 5.56 Å². The molecule has 0 bridgehead atoms. The Morgan fingerprint density at radius 3 is 2.75 bits per heavy atom. The van der Waals surface area contributed by atoms with Gasteiger partial charge in [-0.1, -0.05) is 6.92 Å². The predicted octanol–water partition coefficient (Wildman–Crippen LogP) is 2.59. The van der Waals surface area contributed by atoms with Crippen molar-refractivity contribution < 1.29 is 0 Å². The molecule has 90 valence electrons. The fraction of sp³-hybridized carbons (Fsp3) is 0.583. The molecular formula is C12H20BrN3. The maximum atomic E-state index is 4.44. The van der Waals surface area contributed by atoms with Crippen LogP contribution in [-0.4, -0.2) is 31.2 Å². The van der Waals surface area contributed by atoms with Gasteiger partial charge in [0, 0.05) is 30.3 Å². The standard InChI is InChI=1S/C12H20BrN3/c1-4-14-6-7-16(5-2)12-8-10(3)11(13)9-15-12/h8-9,14H,4-7H2,1-3H3. The van der Waals surface area contributed by atoms with E-state index in [9.17, 15) is 0 Å². The van der Waals surface area contributed by atoms with Crippen LogP contribution in [-0.2, 0) is 0 Å². The molecule has 0 saturated heterocycles. The Balaban J connectivity index is 2.67. The normalized spacial score (nSPS) is 10.5. The highest BCUT2D eigenvalue weighted by Crippen LogP contribution is 2.19. The lowest BCUT2D eigenvalue weighted by atomic mass is 10.3. The average molecular weight is 286 g/mol. The Bertz CT molecular complexity index is 328. The zero-order valence-corrected chi connectivity index (χ0v) is 11.8. The molecule has 1 heterocycles. The summed E-state index contributed by atoms with van der Waals surface area (Å²) in [5.74, 6) is 1.06. The number of hydrogen-bond donors (Lipinski definition) is 1. The third-order valence-corrected chi connectivity index (χ3v) is 3.38. The van der Waals surface area contributed by atoms with E-state index in [1.807, 2.05) is 6.20 Å². The van der Waals surface area contributed by atoms with Gasteiger partial charge in [0.25, 0.3) is 0 Å². The molecule has 1 N–H and O–H groups in total. The SMILES string of the molecule is CCNCCN(CC)c1cc(C)c(Br)cn1. The van der Waals surface area contributed by atoms with Crippen molar-refractivity contribution >= 4 is 21.7 Å². The second-order valence-electron chi connectivity index (χ2n) is 3.72. The van der Waals surface area contributed by atoms with E-state index in [1.54, 1.807) is 0 Å². The van der Waals surface area contributed by atoms with Gasteiger partial charge in [-0.25, -0.2) is 4.98 Å². The van der Waals surface area contributed by atoms with Crippen LogP contribution in [0.25, 0.3) is 0 Å². The van der Waals surface area contributed by atoms with Gasteiger partial charge >= 0.3 is 0 Å². The first-order valence-electron chi connectivity index (χ1n) is 5.76. The van der Waals surface area contributed by atoms with Gasteiger partial charge in [0.2, 0.25) is 0 Å². The number of likely N-dealkylation sites (N-methyl/N-ethyl adjacent to an activating group) is 2. The molecule has 1 rings (SSSR count). The molecule has 0 aliphatic rings. The van der Waals surface area contributed by atoms with Gasteiger partial charge < -0.3 is 10.2 Å². The molecule has 1 aromatic rings. The highest BCUT2D eigenvalue weighted by molar-refractivity contribution is 9.10. The number of rotatable bonds is 6. The van der Waals surface area contributed by atoms with Crippen LogP contribution in [0.5, 0.6) is 0 Å². The number of aromatic nitrogens is 1. The number of hydrogen-bond acceptors (Lipinski definition) is 3. The van der Waals surface area contributed by atoms with Crippen molar-refractivity contribution in [3.05, 3.63) is 22.3 Å². The summed E-state index contributed by atoms with van der Waals surface area (Å²) < 4.78 is 1.07. The van der Waals surface area contributed by atoms with E-state index in [0.29, 0.717) is 0 Å². The minimum absolute atomic E-state index is 0.986. The summed E-state index contributed by atoms with van der Waals surface area (Å²) in [5, 5.41) is 3.33. The molecule has 16 heavy (non-hydrogen) atoms. The van der Waals surface area contributed by atoms with Crippen LogP contribution in [0.15, 0.2) is 16.7 Å². The lowest BCUT2D eigenvalue weighted by Gasteiger charge is -2.22. The van der Waals surface area contributed by atoms with E-state index < -0.39 is 0 Å². The molecule has 0 radical (unpaired) electrons. The van der Waals surface area contributed by atoms with Gasteiger partial charge in [-0.15, -0.1) is 0 Å². The molecule has 0 spiro atoms. The van der Waals surface area contributed by atoms with Crippen molar-refractivity contribution in [2.75, 3.05) is 31.1 Å². The molecule has 0 saturated carbocycles. The van der Waals surface area contributed by atoms with Gasteiger partial charge in [-0.2, -0.15) is 0 Å². The number of nitrogens with zero attached hydrogens (tertiary/aromatic N) is 2. The van der Waals surface area contributed by atoms with Crippen LogP contribution >= 0.6 is 15.9 Å². The lowest BCUT2D eigenvalue weighted by molar-refractivity contribution is 0.683. The summed E-state index contributed by atoms with van der Waals surface area (Å²) in [6, 6.07) is 2.12. The number of nitrogens with one attached hydrogen (secondary N) is 1. The maximum absolute atomic E-state index is 4.44. The van der Waals surface area contributed by atoms with Crippen molar-refractivity contribution in [1.82, 2.24) is 10.3 Å². The minimum Gasteiger partial charge on any atom is -0.356 e. The van der Waals surface area contributed by atoms with Gasteiger partial charge in [0.05, 0.1) is 0 Å². The topological polar surface area (TPSA) is 28.2 Å². The van der Waals surface area contributed by atoms with Crippen LogP contribution in [0, 0.1) is 6.92 Å². The summed E-state index contributed by atoms with van der Waals surface area (Å²) >= 11 is 3.47. The van der Waals surface area contributed by atoms with Gasteiger partial charge in [0.1, 0.15) is 5.82 Å². The van der Waals surface area contributed by atoms with Crippen molar-refractivity contribution in [2.24, 2.45) is 0 Å². The molecule has 0 unspecified atom stereocenters. The Morgan fingerprint density at radius 2 is 2.19 bits per heavy atom. The highest BCUT2D eigenvalue weighted by Gasteiger charge is 2.06. The second kappa shape index (κ2) is 6.86. The van der Waals surface area contributed by atoms with Crippen LogP contribution in [0.1, 0.15) is 19.4 Å². The van der Waals surface area contributed by atoms with E-state index in [4.69, 9.17) is 0 Å². The smallest absolute Gasteiger partial charge is 0.128 e. The Kier molecular flexibility index (Phi) is 5.77. The summed E-state index contributed by atoms with van der Waals surface area (Å²) in [6.07, 6.45) is 1.88. The average Bonchev–Trinajstić information content (AvgIpc) is 2.29. The largest absolute Gasteiger partial charge is 0.356 e. The fourth-order valence-electron chi connectivity index (χ4n) is 1.52. The zero-order valence-electron chi connectivity index (χ0n) is 10.3. The number of aryl methyl sites for hydroxylation is 1. The molecule has 4 heteroatoms. The molecular weight excluding hydrogens is 266 g/mol. The van der Waals surface area contributed by atoms with Crippen molar-refractivity contribution in [1.29, 1.82) is 0 Å². The summed E-state index contributed by atoms with van der Waals surface area (Å²) in [5.41, 5.74) is 1.23. The van der Waals surface area contributed by atoms with Gasteiger partial charge in [0.15, 0.2) is 0 Å². The quantitative estimate of drug-likeness (QED) is 0.815. The molecule has 0 aliphatic carbocycles. The fourth-order valence-corrected chi connectivity index (χ4v) is 1.74. The van der Waals surface area contributed by atoms with Crippen molar-refractivity contribution in [3.63, 3.8) is 0 Å². The van der Waals surface area contributed by atoms with E-state index in [-0.39, 0.29) is 0 Å². The highest BCUT2D eigenvalue weighted by atomic mass is 79.9. The van der Waals surface area contributed by atoms with Crippen LogP contribution < -0.4 is 10.2 Å². The van der Waals surface area contributed by atoms with E-state index >= 15 is 0 Å². The van der Waals surface area contributed by atoms with Gasteiger partial charge in [-0.05, 0) is 48.0 Å². The lowest BCUT2D eigenvalue weighted by Crippen LogP contribution is -2.32. The van der Waals surface area contributed by atoms with Crippen LogP contribution in [0.3, 0.4) is 0 Å². The van der Waals surface area contributed by atoms with E-state index in [2.05, 4.69) is 58.0 Å². The Morgan fingerprint density at radius 1 is 1.44 bits per heavy atom. The molecule has 0 aliphatic heterocycles.